The van der Waals surface area contributed by atoms with E-state index in [0.29, 0.717) is 11.3 Å². The zero-order valence-electron chi connectivity index (χ0n) is 9.91. The second-order valence-electron chi connectivity index (χ2n) is 3.78. The maximum Gasteiger partial charge on any atom is 0.194 e. The van der Waals surface area contributed by atoms with Gasteiger partial charge in [0.25, 0.3) is 0 Å². The molecule has 0 fully saturated rings. The number of benzene rings is 2. The lowest BCUT2D eigenvalue weighted by Crippen LogP contribution is -2.03. The fraction of sp³-hybridized carbons (Fsp3) is 0.0714. The third kappa shape index (κ3) is 2.72. The summed E-state index contributed by atoms with van der Waals surface area (Å²) in [5.74, 6) is -0.340. The topological polar surface area (TPSA) is 26.3 Å². The number of ether oxygens (including phenoxy) is 1. The lowest BCUT2D eigenvalue weighted by molar-refractivity contribution is 0.103. The summed E-state index contributed by atoms with van der Waals surface area (Å²) in [6.07, 6.45) is 0. The van der Waals surface area contributed by atoms with Crippen molar-refractivity contribution >= 4 is 29.0 Å². The fourth-order valence-corrected chi connectivity index (χ4v) is 2.11. The highest BCUT2D eigenvalue weighted by molar-refractivity contribution is 6.45. The van der Waals surface area contributed by atoms with E-state index in [2.05, 4.69) is 0 Å². The van der Waals surface area contributed by atoms with Gasteiger partial charge in [-0.05, 0) is 36.4 Å². The number of ketones is 1. The highest BCUT2D eigenvalue weighted by Gasteiger charge is 2.17. The van der Waals surface area contributed by atoms with Gasteiger partial charge in [0.1, 0.15) is 16.6 Å². The van der Waals surface area contributed by atoms with Crippen LogP contribution in [-0.4, -0.2) is 12.9 Å². The number of methoxy groups -OCH3 is 1. The molecule has 0 amide bonds. The largest absolute Gasteiger partial charge is 0.495 e. The molecular formula is C14H9Cl2FO2. The van der Waals surface area contributed by atoms with Gasteiger partial charge >= 0.3 is 0 Å². The summed E-state index contributed by atoms with van der Waals surface area (Å²) in [4.78, 5) is 12.2. The van der Waals surface area contributed by atoms with Crippen LogP contribution in [-0.2, 0) is 0 Å². The van der Waals surface area contributed by atoms with Crippen LogP contribution in [0.5, 0.6) is 5.75 Å². The van der Waals surface area contributed by atoms with Crippen LogP contribution in [0, 0.1) is 5.82 Å². The quantitative estimate of drug-likeness (QED) is 0.787. The summed E-state index contributed by atoms with van der Waals surface area (Å²) in [7, 11) is 1.46. The lowest BCUT2D eigenvalue weighted by atomic mass is 10.0. The van der Waals surface area contributed by atoms with Crippen molar-refractivity contribution in [2.75, 3.05) is 7.11 Å². The zero-order valence-corrected chi connectivity index (χ0v) is 11.4. The SMILES string of the molecule is COc1ccc(C(=O)c2ccc(F)cc2)c(Cl)c1Cl. The Morgan fingerprint density at radius 2 is 1.68 bits per heavy atom. The number of rotatable bonds is 3. The minimum Gasteiger partial charge on any atom is -0.495 e. The molecule has 0 aromatic heterocycles. The first-order valence-electron chi connectivity index (χ1n) is 5.37. The molecule has 0 atom stereocenters. The Hall–Kier alpha value is -1.58. The Balaban J connectivity index is 2.45. The molecule has 0 aliphatic rings. The van der Waals surface area contributed by atoms with Gasteiger partial charge in [-0.2, -0.15) is 0 Å². The first-order chi connectivity index (χ1) is 9.04. The maximum absolute atomic E-state index is 12.8. The highest BCUT2D eigenvalue weighted by atomic mass is 35.5. The zero-order chi connectivity index (χ0) is 14.0. The van der Waals surface area contributed by atoms with Crippen molar-refractivity contribution in [3.05, 3.63) is 63.4 Å². The van der Waals surface area contributed by atoms with E-state index in [9.17, 15) is 9.18 Å². The van der Waals surface area contributed by atoms with Crippen LogP contribution < -0.4 is 4.74 Å². The molecule has 0 saturated heterocycles. The van der Waals surface area contributed by atoms with E-state index in [-0.39, 0.29) is 21.4 Å². The van der Waals surface area contributed by atoms with E-state index in [0.717, 1.165) is 0 Å². The van der Waals surface area contributed by atoms with Crippen LogP contribution in [0.25, 0.3) is 0 Å². The molecule has 2 aromatic carbocycles. The first kappa shape index (κ1) is 13.8. The standard InChI is InChI=1S/C14H9Cl2FO2/c1-19-11-7-6-10(12(15)13(11)16)14(18)8-2-4-9(17)5-3-8/h2-7H,1H3. The summed E-state index contributed by atoms with van der Waals surface area (Å²) in [6, 6.07) is 8.31. The predicted octanol–water partition coefficient (Wildman–Crippen LogP) is 4.37. The van der Waals surface area contributed by atoms with Crippen LogP contribution in [0.2, 0.25) is 10.0 Å². The molecule has 0 bridgehead atoms. The summed E-state index contributed by atoms with van der Waals surface area (Å²) in [6.45, 7) is 0. The summed E-state index contributed by atoms with van der Waals surface area (Å²) < 4.78 is 17.8. The second-order valence-corrected chi connectivity index (χ2v) is 4.54. The van der Waals surface area contributed by atoms with Gasteiger partial charge in [0, 0.05) is 11.1 Å². The molecular weight excluding hydrogens is 290 g/mol. The van der Waals surface area contributed by atoms with E-state index < -0.39 is 5.82 Å². The van der Waals surface area contributed by atoms with Gasteiger partial charge in [-0.15, -0.1) is 0 Å². The Bertz CT molecular complexity index is 624. The van der Waals surface area contributed by atoms with Crippen LogP contribution in [0.4, 0.5) is 4.39 Å². The van der Waals surface area contributed by atoms with Crippen molar-refractivity contribution in [2.24, 2.45) is 0 Å². The Morgan fingerprint density at radius 1 is 1.05 bits per heavy atom. The Labute approximate surface area is 119 Å². The molecule has 19 heavy (non-hydrogen) atoms. The lowest BCUT2D eigenvalue weighted by Gasteiger charge is -2.09. The van der Waals surface area contributed by atoms with E-state index >= 15 is 0 Å². The van der Waals surface area contributed by atoms with Gasteiger partial charge in [-0.3, -0.25) is 4.79 Å². The van der Waals surface area contributed by atoms with Gasteiger partial charge in [0.2, 0.25) is 0 Å². The summed E-state index contributed by atoms with van der Waals surface area (Å²) in [5, 5.41) is 0.299. The van der Waals surface area contributed by atoms with Crippen LogP contribution >= 0.6 is 23.2 Å². The Morgan fingerprint density at radius 3 is 2.26 bits per heavy atom. The third-order valence-electron chi connectivity index (χ3n) is 2.62. The molecule has 2 rings (SSSR count). The summed E-state index contributed by atoms with van der Waals surface area (Å²) in [5.41, 5.74) is 0.587. The molecule has 2 aromatic rings. The van der Waals surface area contributed by atoms with E-state index in [1.54, 1.807) is 6.07 Å². The van der Waals surface area contributed by atoms with Gasteiger partial charge in [-0.25, -0.2) is 4.39 Å². The number of halogens is 3. The summed E-state index contributed by atoms with van der Waals surface area (Å²) >= 11 is 12.0. The molecule has 0 saturated carbocycles. The molecule has 98 valence electrons. The molecule has 0 spiro atoms. The molecule has 5 heteroatoms. The van der Waals surface area contributed by atoms with Crippen molar-refractivity contribution < 1.29 is 13.9 Å². The molecule has 0 unspecified atom stereocenters. The van der Waals surface area contributed by atoms with Crippen LogP contribution in [0.15, 0.2) is 36.4 Å². The highest BCUT2D eigenvalue weighted by Crippen LogP contribution is 2.35. The predicted molar refractivity (Wildman–Crippen MR) is 72.8 cm³/mol. The van der Waals surface area contributed by atoms with Crippen molar-refractivity contribution in [1.29, 1.82) is 0 Å². The van der Waals surface area contributed by atoms with Gasteiger partial charge in [0.15, 0.2) is 5.78 Å². The minimum absolute atomic E-state index is 0.121. The first-order valence-corrected chi connectivity index (χ1v) is 6.12. The molecule has 0 aliphatic heterocycles. The van der Waals surface area contributed by atoms with Gasteiger partial charge < -0.3 is 4.74 Å². The van der Waals surface area contributed by atoms with Crippen molar-refractivity contribution in [2.45, 2.75) is 0 Å². The monoisotopic (exact) mass is 298 g/mol. The molecule has 0 N–H and O–H groups in total. The average Bonchev–Trinajstić information content (AvgIpc) is 2.42. The van der Waals surface area contributed by atoms with Crippen molar-refractivity contribution in [1.82, 2.24) is 0 Å². The molecule has 2 nitrogen and oxygen atoms in total. The van der Waals surface area contributed by atoms with E-state index in [1.807, 2.05) is 0 Å². The molecule has 0 heterocycles. The number of carbonyl (C=O) groups excluding carboxylic acids is 1. The van der Waals surface area contributed by atoms with Crippen molar-refractivity contribution in [3.8, 4) is 5.75 Å². The van der Waals surface area contributed by atoms with Crippen molar-refractivity contribution in [3.63, 3.8) is 0 Å². The minimum atomic E-state index is -0.407. The fourth-order valence-electron chi connectivity index (χ4n) is 1.62. The average molecular weight is 299 g/mol. The number of hydrogen-bond donors (Lipinski definition) is 0. The Kier molecular flexibility index (Phi) is 4.08. The van der Waals surface area contributed by atoms with E-state index in [4.69, 9.17) is 27.9 Å². The number of hydrogen-bond acceptors (Lipinski definition) is 2. The normalized spacial score (nSPS) is 10.3. The third-order valence-corrected chi connectivity index (χ3v) is 3.48. The van der Waals surface area contributed by atoms with Crippen LogP contribution in [0.3, 0.4) is 0 Å². The molecule has 0 aliphatic carbocycles. The van der Waals surface area contributed by atoms with Gasteiger partial charge in [-0.1, -0.05) is 23.2 Å². The number of carbonyl (C=O) groups is 1. The smallest absolute Gasteiger partial charge is 0.194 e. The molecule has 0 radical (unpaired) electrons. The van der Waals surface area contributed by atoms with Gasteiger partial charge in [0.05, 0.1) is 12.1 Å². The second kappa shape index (κ2) is 5.59. The van der Waals surface area contributed by atoms with Crippen LogP contribution in [0.1, 0.15) is 15.9 Å². The van der Waals surface area contributed by atoms with E-state index in [1.165, 1.54) is 37.4 Å². The maximum atomic E-state index is 12.8.